The van der Waals surface area contributed by atoms with E-state index in [-0.39, 0.29) is 12.1 Å². The number of pyridine rings is 1. The van der Waals surface area contributed by atoms with Crippen molar-refractivity contribution in [3.8, 4) is 0 Å². The number of aromatic nitrogens is 1. The van der Waals surface area contributed by atoms with Crippen molar-refractivity contribution in [2.75, 3.05) is 5.73 Å². The Morgan fingerprint density at radius 3 is 2.80 bits per heavy atom. The summed E-state index contributed by atoms with van der Waals surface area (Å²) in [6.07, 6.45) is -0.144. The normalized spacial score (nSPS) is 12.1. The van der Waals surface area contributed by atoms with Crippen LogP contribution in [0.3, 0.4) is 0 Å². The standard InChI is InChI=1S/C14H15N3O3/c1-8(6-13(18)19)16-14(20)12-7-10(15)9-4-2-3-5-11(9)17-12/h2-5,7-8H,6H2,1H3,(H2,15,17)(H,16,20)(H,18,19). The van der Waals surface area contributed by atoms with E-state index in [4.69, 9.17) is 10.8 Å². The van der Waals surface area contributed by atoms with Gasteiger partial charge in [0.05, 0.1) is 11.9 Å². The molecule has 1 aromatic heterocycles. The Hall–Kier alpha value is -2.63. The fraction of sp³-hybridized carbons (Fsp3) is 0.214. The van der Waals surface area contributed by atoms with Gasteiger partial charge in [-0.3, -0.25) is 9.59 Å². The van der Waals surface area contributed by atoms with E-state index in [1.54, 1.807) is 13.0 Å². The smallest absolute Gasteiger partial charge is 0.305 e. The number of nitrogens with zero attached hydrogens (tertiary/aromatic N) is 1. The molecule has 0 aliphatic rings. The van der Waals surface area contributed by atoms with Crippen molar-refractivity contribution in [1.29, 1.82) is 0 Å². The zero-order valence-corrected chi connectivity index (χ0v) is 11.0. The third kappa shape index (κ3) is 3.03. The average molecular weight is 273 g/mol. The van der Waals surface area contributed by atoms with Crippen LogP contribution in [0, 0.1) is 0 Å². The van der Waals surface area contributed by atoms with E-state index in [1.807, 2.05) is 18.2 Å². The Kier molecular flexibility index (Phi) is 3.84. The number of fused-ring (bicyclic) bond motifs is 1. The van der Waals surface area contributed by atoms with E-state index < -0.39 is 17.9 Å². The van der Waals surface area contributed by atoms with Gasteiger partial charge in [0.25, 0.3) is 5.91 Å². The molecule has 0 radical (unpaired) electrons. The van der Waals surface area contributed by atoms with Gasteiger partial charge in [-0.2, -0.15) is 0 Å². The molecule has 0 aliphatic carbocycles. The monoisotopic (exact) mass is 273 g/mol. The Labute approximate surface area is 115 Å². The summed E-state index contributed by atoms with van der Waals surface area (Å²) in [6.45, 7) is 1.62. The van der Waals surface area contributed by atoms with Crippen LogP contribution in [0.2, 0.25) is 0 Å². The number of aliphatic carboxylic acids is 1. The molecule has 1 atom stereocenters. The number of carbonyl (C=O) groups excluding carboxylic acids is 1. The molecule has 4 N–H and O–H groups in total. The molecule has 104 valence electrons. The van der Waals surface area contributed by atoms with Crippen molar-refractivity contribution >= 4 is 28.5 Å². The van der Waals surface area contributed by atoms with Crippen LogP contribution in [0.25, 0.3) is 10.9 Å². The number of para-hydroxylation sites is 1. The van der Waals surface area contributed by atoms with Crippen molar-refractivity contribution in [2.45, 2.75) is 19.4 Å². The van der Waals surface area contributed by atoms with Gasteiger partial charge in [-0.25, -0.2) is 4.98 Å². The Morgan fingerprint density at radius 2 is 2.10 bits per heavy atom. The van der Waals surface area contributed by atoms with E-state index in [2.05, 4.69) is 10.3 Å². The first kappa shape index (κ1) is 13.8. The molecule has 2 aromatic rings. The Balaban J connectivity index is 2.24. The molecule has 6 nitrogen and oxygen atoms in total. The van der Waals surface area contributed by atoms with Crippen molar-refractivity contribution in [3.63, 3.8) is 0 Å². The Morgan fingerprint density at radius 1 is 1.40 bits per heavy atom. The highest BCUT2D eigenvalue weighted by Crippen LogP contribution is 2.20. The maximum Gasteiger partial charge on any atom is 0.305 e. The van der Waals surface area contributed by atoms with E-state index in [9.17, 15) is 9.59 Å². The third-order valence-electron chi connectivity index (χ3n) is 2.84. The minimum absolute atomic E-state index is 0.144. The molecule has 0 saturated heterocycles. The minimum atomic E-state index is -0.969. The van der Waals surface area contributed by atoms with Crippen LogP contribution in [0.5, 0.6) is 0 Å². The number of hydrogen-bond acceptors (Lipinski definition) is 4. The quantitative estimate of drug-likeness (QED) is 0.781. The molecule has 2 rings (SSSR count). The van der Waals surface area contributed by atoms with Gasteiger partial charge >= 0.3 is 5.97 Å². The van der Waals surface area contributed by atoms with Gasteiger partial charge in [-0.1, -0.05) is 18.2 Å². The lowest BCUT2D eigenvalue weighted by atomic mass is 10.1. The summed E-state index contributed by atoms with van der Waals surface area (Å²) < 4.78 is 0. The fourth-order valence-electron chi connectivity index (χ4n) is 1.93. The third-order valence-corrected chi connectivity index (χ3v) is 2.84. The van der Waals surface area contributed by atoms with Crippen molar-refractivity contribution < 1.29 is 14.7 Å². The number of hydrogen-bond donors (Lipinski definition) is 3. The summed E-state index contributed by atoms with van der Waals surface area (Å²) in [5.41, 5.74) is 7.16. The summed E-state index contributed by atoms with van der Waals surface area (Å²) in [5.74, 6) is -1.40. The molecule has 0 spiro atoms. The van der Waals surface area contributed by atoms with Crippen LogP contribution < -0.4 is 11.1 Å². The number of amides is 1. The number of anilines is 1. The molecular formula is C14H15N3O3. The summed E-state index contributed by atoms with van der Waals surface area (Å²) in [6, 6.07) is 8.26. The van der Waals surface area contributed by atoms with Crippen LogP contribution in [-0.4, -0.2) is 28.0 Å². The van der Waals surface area contributed by atoms with Crippen LogP contribution in [-0.2, 0) is 4.79 Å². The Bertz CT molecular complexity index is 670. The lowest BCUT2D eigenvalue weighted by Gasteiger charge is -2.12. The molecule has 1 aromatic carbocycles. The van der Waals surface area contributed by atoms with Gasteiger partial charge < -0.3 is 16.2 Å². The van der Waals surface area contributed by atoms with E-state index in [0.29, 0.717) is 11.2 Å². The number of rotatable bonds is 4. The fourth-order valence-corrected chi connectivity index (χ4v) is 1.93. The van der Waals surface area contributed by atoms with E-state index in [0.717, 1.165) is 5.39 Å². The molecule has 0 bridgehead atoms. The number of benzene rings is 1. The van der Waals surface area contributed by atoms with Crippen LogP contribution in [0.1, 0.15) is 23.8 Å². The molecule has 1 amide bonds. The molecular weight excluding hydrogens is 258 g/mol. The predicted molar refractivity (Wildman–Crippen MR) is 75.3 cm³/mol. The van der Waals surface area contributed by atoms with Gasteiger partial charge in [0.1, 0.15) is 5.69 Å². The molecule has 1 heterocycles. The molecule has 0 saturated carbocycles. The second-order valence-electron chi connectivity index (χ2n) is 4.59. The van der Waals surface area contributed by atoms with Crippen molar-refractivity contribution in [3.05, 3.63) is 36.0 Å². The molecule has 20 heavy (non-hydrogen) atoms. The molecule has 0 fully saturated rings. The van der Waals surface area contributed by atoms with E-state index in [1.165, 1.54) is 6.07 Å². The van der Waals surface area contributed by atoms with Gasteiger partial charge in [-0.05, 0) is 19.1 Å². The summed E-state index contributed by atoms with van der Waals surface area (Å²) in [7, 11) is 0. The highest BCUT2D eigenvalue weighted by molar-refractivity contribution is 5.99. The average Bonchev–Trinajstić information content (AvgIpc) is 2.37. The molecule has 6 heteroatoms. The maximum absolute atomic E-state index is 12.0. The first-order valence-electron chi connectivity index (χ1n) is 6.15. The number of nitrogens with one attached hydrogen (secondary N) is 1. The minimum Gasteiger partial charge on any atom is -0.481 e. The van der Waals surface area contributed by atoms with Crippen LogP contribution in [0.15, 0.2) is 30.3 Å². The highest BCUT2D eigenvalue weighted by atomic mass is 16.4. The lowest BCUT2D eigenvalue weighted by Crippen LogP contribution is -2.34. The largest absolute Gasteiger partial charge is 0.481 e. The zero-order chi connectivity index (χ0) is 14.7. The van der Waals surface area contributed by atoms with E-state index >= 15 is 0 Å². The zero-order valence-electron chi connectivity index (χ0n) is 11.0. The number of carbonyl (C=O) groups is 2. The van der Waals surface area contributed by atoms with Crippen LogP contribution >= 0.6 is 0 Å². The summed E-state index contributed by atoms with van der Waals surface area (Å²) in [5, 5.41) is 12.0. The molecule has 1 unspecified atom stereocenters. The highest BCUT2D eigenvalue weighted by Gasteiger charge is 2.15. The van der Waals surface area contributed by atoms with Crippen molar-refractivity contribution in [1.82, 2.24) is 10.3 Å². The van der Waals surface area contributed by atoms with Gasteiger partial charge in [0.15, 0.2) is 0 Å². The SMILES string of the molecule is CC(CC(=O)O)NC(=O)c1cc(N)c2ccccc2n1. The summed E-state index contributed by atoms with van der Waals surface area (Å²) in [4.78, 5) is 26.8. The first-order chi connectivity index (χ1) is 9.47. The lowest BCUT2D eigenvalue weighted by molar-refractivity contribution is -0.137. The van der Waals surface area contributed by atoms with Crippen LogP contribution in [0.4, 0.5) is 5.69 Å². The number of nitrogen functional groups attached to an aromatic ring is 1. The van der Waals surface area contributed by atoms with Gasteiger partial charge in [0.2, 0.25) is 0 Å². The number of nitrogens with two attached hydrogens (primary N) is 1. The van der Waals surface area contributed by atoms with Crippen molar-refractivity contribution in [2.24, 2.45) is 0 Å². The topological polar surface area (TPSA) is 105 Å². The first-order valence-corrected chi connectivity index (χ1v) is 6.15. The summed E-state index contributed by atoms with van der Waals surface area (Å²) >= 11 is 0. The second kappa shape index (κ2) is 5.56. The number of carboxylic acids is 1. The van der Waals surface area contributed by atoms with Gasteiger partial charge in [-0.15, -0.1) is 0 Å². The predicted octanol–water partition coefficient (Wildman–Crippen LogP) is 1.41. The molecule has 0 aliphatic heterocycles. The number of carboxylic acid groups (broad SMARTS) is 1. The maximum atomic E-state index is 12.0. The second-order valence-corrected chi connectivity index (χ2v) is 4.59. The van der Waals surface area contributed by atoms with Gasteiger partial charge in [0, 0.05) is 17.1 Å².